The van der Waals surface area contributed by atoms with E-state index in [2.05, 4.69) is 11.1 Å². The van der Waals surface area contributed by atoms with Crippen molar-refractivity contribution >= 4 is 0 Å². The first-order valence-electron chi connectivity index (χ1n) is 5.30. The van der Waals surface area contributed by atoms with Crippen molar-refractivity contribution < 1.29 is 4.74 Å². The van der Waals surface area contributed by atoms with Gasteiger partial charge in [0.15, 0.2) is 0 Å². The third-order valence-electron chi connectivity index (χ3n) is 2.41. The van der Waals surface area contributed by atoms with Crippen molar-refractivity contribution in [3.63, 3.8) is 0 Å². The maximum Gasteiger partial charge on any atom is 0.145 e. The fourth-order valence-electron chi connectivity index (χ4n) is 1.55. The fourth-order valence-corrected chi connectivity index (χ4v) is 1.55. The van der Waals surface area contributed by atoms with Gasteiger partial charge in [0.05, 0.1) is 6.20 Å². The summed E-state index contributed by atoms with van der Waals surface area (Å²) < 4.78 is 5.69. The number of hydrogen-bond acceptors (Lipinski definition) is 3. The first-order valence-corrected chi connectivity index (χ1v) is 5.30. The summed E-state index contributed by atoms with van der Waals surface area (Å²) in [6, 6.07) is 11.3. The van der Waals surface area contributed by atoms with E-state index >= 15 is 0 Å². The SMILES string of the molecule is Cc1ccc(Oc2ccc(C#N)nc2)c(C)c1. The van der Waals surface area contributed by atoms with E-state index in [4.69, 9.17) is 10.00 Å². The molecule has 0 unspecified atom stereocenters. The molecule has 0 bridgehead atoms. The third kappa shape index (κ3) is 2.61. The Morgan fingerprint density at radius 2 is 2.00 bits per heavy atom. The predicted molar refractivity (Wildman–Crippen MR) is 64.9 cm³/mol. The highest BCUT2D eigenvalue weighted by atomic mass is 16.5. The molecule has 0 radical (unpaired) electrons. The summed E-state index contributed by atoms with van der Waals surface area (Å²) in [5, 5.41) is 8.64. The first-order chi connectivity index (χ1) is 8.19. The number of nitrogens with zero attached hydrogens (tertiary/aromatic N) is 2. The highest BCUT2D eigenvalue weighted by molar-refractivity contribution is 5.39. The Kier molecular flexibility index (Phi) is 3.06. The summed E-state index contributed by atoms with van der Waals surface area (Å²) in [4.78, 5) is 3.95. The fraction of sp³-hybridized carbons (Fsp3) is 0.143. The van der Waals surface area contributed by atoms with E-state index in [1.54, 1.807) is 18.3 Å². The molecule has 2 rings (SSSR count). The lowest BCUT2D eigenvalue weighted by molar-refractivity contribution is 0.476. The van der Waals surface area contributed by atoms with Crippen LogP contribution in [0.15, 0.2) is 36.5 Å². The number of benzene rings is 1. The molecule has 0 N–H and O–H groups in total. The molecule has 1 heterocycles. The van der Waals surface area contributed by atoms with Crippen LogP contribution in [0, 0.1) is 25.2 Å². The number of nitriles is 1. The molecule has 0 spiro atoms. The van der Waals surface area contributed by atoms with Crippen LogP contribution >= 0.6 is 0 Å². The van der Waals surface area contributed by atoms with E-state index < -0.39 is 0 Å². The number of rotatable bonds is 2. The zero-order valence-electron chi connectivity index (χ0n) is 9.77. The van der Waals surface area contributed by atoms with Crippen molar-refractivity contribution in [1.82, 2.24) is 4.98 Å². The molecule has 1 aromatic carbocycles. The molecule has 0 saturated carbocycles. The van der Waals surface area contributed by atoms with Crippen LogP contribution in [0.3, 0.4) is 0 Å². The number of hydrogen-bond donors (Lipinski definition) is 0. The van der Waals surface area contributed by atoms with Crippen molar-refractivity contribution in [3.8, 4) is 17.6 Å². The monoisotopic (exact) mass is 224 g/mol. The Hall–Kier alpha value is -2.34. The molecule has 0 aliphatic carbocycles. The summed E-state index contributed by atoms with van der Waals surface area (Å²) in [6.07, 6.45) is 1.55. The quantitative estimate of drug-likeness (QED) is 0.785. The maximum atomic E-state index is 8.64. The van der Waals surface area contributed by atoms with Crippen molar-refractivity contribution in [2.75, 3.05) is 0 Å². The molecule has 17 heavy (non-hydrogen) atoms. The van der Waals surface area contributed by atoms with Crippen molar-refractivity contribution in [1.29, 1.82) is 5.26 Å². The van der Waals surface area contributed by atoms with Crippen LogP contribution in [0.5, 0.6) is 11.5 Å². The Bertz CT molecular complexity index is 568. The van der Waals surface area contributed by atoms with Crippen LogP contribution in [0.1, 0.15) is 16.8 Å². The molecule has 0 amide bonds. The summed E-state index contributed by atoms with van der Waals surface area (Å²) in [5.74, 6) is 1.44. The largest absolute Gasteiger partial charge is 0.455 e. The third-order valence-corrected chi connectivity index (χ3v) is 2.41. The molecule has 2 aromatic rings. The van der Waals surface area contributed by atoms with Gasteiger partial charge in [-0.05, 0) is 37.6 Å². The van der Waals surface area contributed by atoms with Crippen LogP contribution in [0.2, 0.25) is 0 Å². The minimum Gasteiger partial charge on any atom is -0.455 e. The van der Waals surface area contributed by atoms with Crippen molar-refractivity contribution in [2.45, 2.75) is 13.8 Å². The van der Waals surface area contributed by atoms with Gasteiger partial charge in [-0.2, -0.15) is 5.26 Å². The number of ether oxygens (including phenoxy) is 1. The van der Waals surface area contributed by atoms with E-state index in [0.717, 1.165) is 11.3 Å². The molecule has 3 heteroatoms. The van der Waals surface area contributed by atoms with Crippen molar-refractivity contribution in [2.24, 2.45) is 0 Å². The molecule has 0 aliphatic rings. The Morgan fingerprint density at radius 1 is 1.18 bits per heavy atom. The zero-order valence-corrected chi connectivity index (χ0v) is 9.77. The van der Waals surface area contributed by atoms with E-state index in [9.17, 15) is 0 Å². The first kappa shape index (κ1) is 11.2. The van der Waals surface area contributed by atoms with Gasteiger partial charge < -0.3 is 4.74 Å². The van der Waals surface area contributed by atoms with E-state index in [1.165, 1.54) is 5.56 Å². The molecule has 3 nitrogen and oxygen atoms in total. The van der Waals surface area contributed by atoms with Gasteiger partial charge >= 0.3 is 0 Å². The maximum absolute atomic E-state index is 8.64. The molecule has 0 atom stereocenters. The second-order valence-electron chi connectivity index (χ2n) is 3.86. The van der Waals surface area contributed by atoms with E-state index in [1.807, 2.05) is 32.0 Å². The minimum absolute atomic E-state index is 0.387. The van der Waals surface area contributed by atoms with Gasteiger partial charge in [-0.3, -0.25) is 0 Å². The normalized spacial score (nSPS) is 9.71. The summed E-state index contributed by atoms with van der Waals surface area (Å²) in [7, 11) is 0. The van der Waals surface area contributed by atoms with Gasteiger partial charge in [0, 0.05) is 0 Å². The van der Waals surface area contributed by atoms with E-state index in [-0.39, 0.29) is 0 Å². The highest BCUT2D eigenvalue weighted by Gasteiger charge is 2.02. The molecule has 1 aromatic heterocycles. The molecule has 0 aliphatic heterocycles. The Morgan fingerprint density at radius 3 is 2.59 bits per heavy atom. The second-order valence-corrected chi connectivity index (χ2v) is 3.86. The van der Waals surface area contributed by atoms with Gasteiger partial charge in [-0.1, -0.05) is 17.7 Å². The molecule has 0 fully saturated rings. The van der Waals surface area contributed by atoms with Gasteiger partial charge in [-0.25, -0.2) is 4.98 Å². The highest BCUT2D eigenvalue weighted by Crippen LogP contribution is 2.25. The lowest BCUT2D eigenvalue weighted by atomic mass is 10.1. The molecular formula is C14H12N2O. The predicted octanol–water partition coefficient (Wildman–Crippen LogP) is 3.36. The van der Waals surface area contributed by atoms with Crippen LogP contribution in [0.4, 0.5) is 0 Å². The summed E-state index contributed by atoms with van der Waals surface area (Å²) in [5.41, 5.74) is 2.67. The number of pyridine rings is 1. The summed E-state index contributed by atoms with van der Waals surface area (Å²) >= 11 is 0. The second kappa shape index (κ2) is 4.67. The average Bonchev–Trinajstić information content (AvgIpc) is 2.34. The molecule has 84 valence electrons. The number of aromatic nitrogens is 1. The van der Waals surface area contributed by atoms with Crippen LogP contribution in [-0.4, -0.2) is 4.98 Å². The van der Waals surface area contributed by atoms with Gasteiger partial charge in [0.1, 0.15) is 23.3 Å². The topological polar surface area (TPSA) is 45.9 Å². The minimum atomic E-state index is 0.387. The lowest BCUT2D eigenvalue weighted by Gasteiger charge is -2.08. The van der Waals surface area contributed by atoms with Crippen molar-refractivity contribution in [3.05, 3.63) is 53.3 Å². The van der Waals surface area contributed by atoms with Gasteiger partial charge in [-0.15, -0.1) is 0 Å². The van der Waals surface area contributed by atoms with Crippen LogP contribution in [-0.2, 0) is 0 Å². The van der Waals surface area contributed by atoms with Gasteiger partial charge in [0.2, 0.25) is 0 Å². The lowest BCUT2D eigenvalue weighted by Crippen LogP contribution is -1.90. The van der Waals surface area contributed by atoms with E-state index in [0.29, 0.717) is 11.4 Å². The smallest absolute Gasteiger partial charge is 0.145 e. The standard InChI is InChI=1S/C14H12N2O/c1-10-3-6-14(11(2)7-10)17-13-5-4-12(8-15)16-9-13/h3-7,9H,1-2H3. The Balaban J connectivity index is 2.23. The zero-order chi connectivity index (χ0) is 12.3. The van der Waals surface area contributed by atoms with Crippen LogP contribution in [0.25, 0.3) is 0 Å². The molecule has 0 saturated heterocycles. The Labute approximate surface area is 100 Å². The number of aryl methyl sites for hydroxylation is 2. The average molecular weight is 224 g/mol. The summed E-state index contributed by atoms with van der Waals surface area (Å²) in [6.45, 7) is 4.04. The van der Waals surface area contributed by atoms with Crippen LogP contribution < -0.4 is 4.74 Å². The molecular weight excluding hydrogens is 212 g/mol. The van der Waals surface area contributed by atoms with Gasteiger partial charge in [0.25, 0.3) is 0 Å².